The molecule has 0 radical (unpaired) electrons. The fourth-order valence-electron chi connectivity index (χ4n) is 4.81. The van der Waals surface area contributed by atoms with Crippen molar-refractivity contribution in [2.24, 2.45) is 5.73 Å². The summed E-state index contributed by atoms with van der Waals surface area (Å²) in [5.41, 5.74) is 8.18. The van der Waals surface area contributed by atoms with E-state index in [2.05, 4.69) is 5.32 Å². The number of para-hydroxylation sites is 2. The molecule has 1 saturated carbocycles. The molecule has 5 rings (SSSR count). The number of carbonyl (C=O) groups excluding carboxylic acids is 1. The molecule has 1 fully saturated rings. The standard InChI is InChI=1S/C27H27ClN6O4S/c1-38-20-13-14-21(28)24(16-20)31-25-26(32-23-12-5-4-11-22(23)30-25)34(39(36)37)19-10-6-9-18(15-19)33(27(29)35)17-7-2-3-8-17/h4-6,9-17H,2-3,7-8H2,1H3,(H2,29,35)(H,30,31)(H,36,37). The van der Waals surface area contributed by atoms with Gasteiger partial charge in [0.25, 0.3) is 11.3 Å². The van der Waals surface area contributed by atoms with Crippen molar-refractivity contribution in [2.45, 2.75) is 31.7 Å². The third kappa shape index (κ3) is 5.60. The Morgan fingerprint density at radius 2 is 1.74 bits per heavy atom. The van der Waals surface area contributed by atoms with Crippen LogP contribution in [0.2, 0.25) is 5.02 Å². The van der Waals surface area contributed by atoms with E-state index < -0.39 is 17.3 Å². The molecule has 1 unspecified atom stereocenters. The first kappa shape index (κ1) is 26.7. The van der Waals surface area contributed by atoms with E-state index in [4.69, 9.17) is 32.0 Å². The minimum absolute atomic E-state index is 0.0290. The molecule has 10 nitrogen and oxygen atoms in total. The van der Waals surface area contributed by atoms with E-state index in [1.165, 1.54) is 0 Å². The van der Waals surface area contributed by atoms with Gasteiger partial charge < -0.3 is 15.8 Å². The van der Waals surface area contributed by atoms with Crippen LogP contribution in [-0.4, -0.2) is 37.9 Å². The number of methoxy groups -OCH3 is 1. The summed E-state index contributed by atoms with van der Waals surface area (Å²) in [7, 11) is 1.54. The molecule has 4 aromatic rings. The summed E-state index contributed by atoms with van der Waals surface area (Å²) in [6.45, 7) is 0. The Balaban J connectivity index is 1.64. The third-order valence-electron chi connectivity index (χ3n) is 6.60. The summed E-state index contributed by atoms with van der Waals surface area (Å²) >= 11 is 3.88. The average Bonchev–Trinajstić information content (AvgIpc) is 3.44. The quantitative estimate of drug-likeness (QED) is 0.218. The number of anilines is 5. The van der Waals surface area contributed by atoms with Crippen molar-refractivity contribution >= 4 is 68.6 Å². The van der Waals surface area contributed by atoms with Gasteiger partial charge in [0, 0.05) is 17.8 Å². The number of nitrogens with two attached hydrogens (primary N) is 1. The van der Waals surface area contributed by atoms with Gasteiger partial charge in [0.1, 0.15) is 5.75 Å². The summed E-state index contributed by atoms with van der Waals surface area (Å²) in [5.74, 6) is 0.835. The van der Waals surface area contributed by atoms with E-state index in [9.17, 15) is 13.6 Å². The van der Waals surface area contributed by atoms with Crippen LogP contribution < -0.4 is 25.0 Å². The third-order valence-corrected chi connectivity index (χ3v) is 7.62. The van der Waals surface area contributed by atoms with Gasteiger partial charge >= 0.3 is 6.03 Å². The molecule has 2 amide bonds. The van der Waals surface area contributed by atoms with E-state index in [-0.39, 0.29) is 17.7 Å². The molecule has 1 heterocycles. The Morgan fingerprint density at radius 3 is 2.41 bits per heavy atom. The number of amides is 2. The highest BCUT2D eigenvalue weighted by molar-refractivity contribution is 7.81. The van der Waals surface area contributed by atoms with E-state index in [0.717, 1.165) is 30.0 Å². The van der Waals surface area contributed by atoms with Crippen LogP contribution in [0.4, 0.5) is 33.5 Å². The lowest BCUT2D eigenvalue weighted by Gasteiger charge is -2.29. The molecule has 0 bridgehead atoms. The molecule has 3 aromatic carbocycles. The molecule has 4 N–H and O–H groups in total. The van der Waals surface area contributed by atoms with Gasteiger partial charge in [-0.2, -0.15) is 0 Å². The number of carbonyl (C=O) groups is 1. The van der Waals surface area contributed by atoms with Crippen molar-refractivity contribution in [2.75, 3.05) is 21.6 Å². The zero-order valence-corrected chi connectivity index (χ0v) is 22.7. The number of nitrogens with zero attached hydrogens (tertiary/aromatic N) is 4. The van der Waals surface area contributed by atoms with Crippen molar-refractivity contribution in [3.05, 3.63) is 71.8 Å². The number of halogens is 1. The SMILES string of the molecule is COc1ccc(Cl)c(Nc2nc3ccccc3nc2N(c2cccc(N(C(N)=O)C3CCCC3)c2)S(=O)O)c1. The first-order valence-electron chi connectivity index (χ1n) is 12.3. The summed E-state index contributed by atoms with van der Waals surface area (Å²) in [6, 6.07) is 18.4. The second kappa shape index (κ2) is 11.4. The first-order chi connectivity index (χ1) is 18.9. The summed E-state index contributed by atoms with van der Waals surface area (Å²) < 4.78 is 29.8. The number of benzene rings is 3. The van der Waals surface area contributed by atoms with Crippen molar-refractivity contribution in [3.63, 3.8) is 0 Å². The minimum atomic E-state index is -2.56. The molecule has 1 aliphatic rings. The Kier molecular flexibility index (Phi) is 7.82. The van der Waals surface area contributed by atoms with Crippen LogP contribution in [0.25, 0.3) is 11.0 Å². The van der Waals surface area contributed by atoms with Crippen molar-refractivity contribution < 1.29 is 18.3 Å². The van der Waals surface area contributed by atoms with Crippen LogP contribution in [0.5, 0.6) is 5.75 Å². The summed E-state index contributed by atoms with van der Waals surface area (Å²) in [4.78, 5) is 23.4. The van der Waals surface area contributed by atoms with Crippen LogP contribution in [0.1, 0.15) is 25.7 Å². The predicted molar refractivity (Wildman–Crippen MR) is 154 cm³/mol. The van der Waals surface area contributed by atoms with Crippen LogP contribution >= 0.6 is 11.6 Å². The number of nitrogens with one attached hydrogen (secondary N) is 1. The van der Waals surface area contributed by atoms with E-state index >= 15 is 0 Å². The topological polar surface area (TPSA) is 134 Å². The maximum absolute atomic E-state index is 12.9. The number of rotatable bonds is 8. The number of ether oxygens (including phenoxy) is 1. The molecular formula is C27H27ClN6O4S. The predicted octanol–water partition coefficient (Wildman–Crippen LogP) is 6.14. The molecule has 1 aliphatic carbocycles. The number of fused-ring (bicyclic) bond motifs is 1. The Bertz CT molecular complexity index is 1550. The van der Waals surface area contributed by atoms with Gasteiger partial charge in [0.2, 0.25) is 0 Å². The maximum atomic E-state index is 12.9. The van der Waals surface area contributed by atoms with Gasteiger partial charge in [-0.05, 0) is 55.3 Å². The monoisotopic (exact) mass is 566 g/mol. The van der Waals surface area contributed by atoms with Gasteiger partial charge in [0.05, 0.1) is 34.5 Å². The van der Waals surface area contributed by atoms with Gasteiger partial charge in [-0.15, -0.1) is 0 Å². The van der Waals surface area contributed by atoms with E-state index in [1.54, 1.807) is 72.7 Å². The molecule has 0 spiro atoms. The molecular weight excluding hydrogens is 540 g/mol. The van der Waals surface area contributed by atoms with Crippen molar-refractivity contribution in [3.8, 4) is 5.75 Å². The second-order valence-corrected chi connectivity index (χ2v) is 10.3. The number of aromatic nitrogens is 2. The number of hydrogen-bond acceptors (Lipinski definition) is 6. The fourth-order valence-corrected chi connectivity index (χ4v) is 5.54. The van der Waals surface area contributed by atoms with E-state index in [0.29, 0.717) is 38.9 Å². The highest BCUT2D eigenvalue weighted by Crippen LogP contribution is 2.38. The largest absolute Gasteiger partial charge is 0.497 e. The van der Waals surface area contributed by atoms with Gasteiger partial charge in [-0.3, -0.25) is 9.45 Å². The summed E-state index contributed by atoms with van der Waals surface area (Å²) in [6.07, 6.45) is 3.70. The summed E-state index contributed by atoms with van der Waals surface area (Å²) in [5, 5.41) is 3.55. The van der Waals surface area contributed by atoms with Crippen LogP contribution in [0.15, 0.2) is 66.7 Å². The normalized spacial score (nSPS) is 14.2. The lowest BCUT2D eigenvalue weighted by Crippen LogP contribution is -2.42. The average molecular weight is 567 g/mol. The molecule has 1 aromatic heterocycles. The molecule has 1 atom stereocenters. The van der Waals surface area contributed by atoms with Crippen molar-refractivity contribution in [1.29, 1.82) is 0 Å². The number of primary amides is 1. The maximum Gasteiger partial charge on any atom is 0.319 e. The second-order valence-electron chi connectivity index (χ2n) is 9.05. The first-order valence-corrected chi connectivity index (χ1v) is 13.8. The molecule has 0 saturated heterocycles. The van der Waals surface area contributed by atoms with Crippen LogP contribution in [0, 0.1) is 0 Å². The number of urea groups is 1. The Hall–Kier alpha value is -3.93. The zero-order valence-electron chi connectivity index (χ0n) is 21.1. The van der Waals surface area contributed by atoms with Crippen LogP contribution in [0.3, 0.4) is 0 Å². The van der Waals surface area contributed by atoms with E-state index in [1.807, 2.05) is 6.07 Å². The molecule has 12 heteroatoms. The smallest absolute Gasteiger partial charge is 0.319 e. The zero-order chi connectivity index (χ0) is 27.5. The lowest BCUT2D eigenvalue weighted by molar-refractivity contribution is 0.251. The highest BCUT2D eigenvalue weighted by Gasteiger charge is 2.29. The minimum Gasteiger partial charge on any atom is -0.497 e. The fraction of sp³-hybridized carbons (Fsp3) is 0.222. The highest BCUT2D eigenvalue weighted by atomic mass is 35.5. The van der Waals surface area contributed by atoms with Crippen LogP contribution in [-0.2, 0) is 11.3 Å². The molecule has 202 valence electrons. The van der Waals surface area contributed by atoms with Gasteiger partial charge in [-0.1, -0.05) is 42.6 Å². The Morgan fingerprint density at radius 1 is 1.05 bits per heavy atom. The lowest BCUT2D eigenvalue weighted by atomic mass is 10.1. The Labute approximate surface area is 233 Å². The molecule has 0 aliphatic heterocycles. The number of hydrogen-bond donors (Lipinski definition) is 3. The van der Waals surface area contributed by atoms with Gasteiger partial charge in [-0.25, -0.2) is 23.3 Å². The van der Waals surface area contributed by atoms with Gasteiger partial charge in [0.15, 0.2) is 11.6 Å². The molecule has 39 heavy (non-hydrogen) atoms. The van der Waals surface area contributed by atoms with Crippen molar-refractivity contribution in [1.82, 2.24) is 9.97 Å².